The van der Waals surface area contributed by atoms with Crippen LogP contribution in [0.4, 0.5) is 4.39 Å². The molecule has 100 valence electrons. The summed E-state index contributed by atoms with van der Waals surface area (Å²) in [5.41, 5.74) is 1.31. The predicted octanol–water partition coefficient (Wildman–Crippen LogP) is 3.43. The lowest BCUT2D eigenvalue weighted by Crippen LogP contribution is -2.09. The summed E-state index contributed by atoms with van der Waals surface area (Å²) in [5, 5.41) is 0.0163. The van der Waals surface area contributed by atoms with Crippen molar-refractivity contribution in [3.63, 3.8) is 0 Å². The number of rotatable bonds is 3. The molecule has 0 saturated carbocycles. The van der Waals surface area contributed by atoms with Crippen LogP contribution >= 0.6 is 11.6 Å². The highest BCUT2D eigenvalue weighted by Gasteiger charge is 2.10. The van der Waals surface area contributed by atoms with Crippen LogP contribution in [0.2, 0.25) is 5.28 Å². The Morgan fingerprint density at radius 2 is 1.89 bits per heavy atom. The normalized spacial score (nSPS) is 10.8. The minimum atomic E-state index is -0.349. The first-order chi connectivity index (χ1) is 8.94. The summed E-state index contributed by atoms with van der Waals surface area (Å²) in [5.74, 6) is -0.0592. The molecule has 2 aromatic rings. The fraction of sp³-hybridized carbons (Fsp3) is 0.308. The average Bonchev–Trinajstić information content (AvgIpc) is 2.25. The van der Waals surface area contributed by atoms with Gasteiger partial charge in [-0.25, -0.2) is 4.39 Å². The number of hydrogen-bond acceptors (Lipinski definition) is 4. The Balaban J connectivity index is 2.46. The number of halogens is 2. The van der Waals surface area contributed by atoms with Crippen molar-refractivity contribution in [2.45, 2.75) is 26.9 Å². The number of nitrogens with zero attached hydrogens (tertiary/aromatic N) is 3. The van der Waals surface area contributed by atoms with Crippen molar-refractivity contribution in [2.75, 3.05) is 0 Å². The zero-order valence-corrected chi connectivity index (χ0v) is 11.6. The molecule has 0 aliphatic carbocycles. The van der Waals surface area contributed by atoms with E-state index in [1.165, 1.54) is 12.1 Å². The van der Waals surface area contributed by atoms with Crippen LogP contribution in [-0.2, 0) is 0 Å². The first kappa shape index (κ1) is 13.7. The van der Waals surface area contributed by atoms with Gasteiger partial charge in [0.25, 0.3) is 0 Å². The summed E-state index contributed by atoms with van der Waals surface area (Å²) in [6.45, 7) is 5.49. The van der Waals surface area contributed by atoms with Gasteiger partial charge in [-0.2, -0.15) is 15.0 Å². The maximum atomic E-state index is 13.4. The number of benzene rings is 1. The monoisotopic (exact) mass is 281 g/mol. The van der Waals surface area contributed by atoms with Crippen molar-refractivity contribution in [3.05, 3.63) is 34.9 Å². The third kappa shape index (κ3) is 3.61. The molecule has 0 aliphatic rings. The second kappa shape index (κ2) is 5.48. The highest BCUT2D eigenvalue weighted by Crippen LogP contribution is 2.21. The zero-order chi connectivity index (χ0) is 14.0. The number of aromatic nitrogens is 3. The molecule has 0 radical (unpaired) electrons. The van der Waals surface area contributed by atoms with E-state index in [1.807, 2.05) is 13.8 Å². The molecular formula is C13H13ClFN3O. The average molecular weight is 282 g/mol. The highest BCUT2D eigenvalue weighted by atomic mass is 35.5. The van der Waals surface area contributed by atoms with Crippen LogP contribution in [-0.4, -0.2) is 21.1 Å². The van der Waals surface area contributed by atoms with E-state index < -0.39 is 0 Å². The molecule has 0 spiro atoms. The fourth-order valence-corrected chi connectivity index (χ4v) is 1.74. The van der Waals surface area contributed by atoms with E-state index in [-0.39, 0.29) is 23.2 Å². The van der Waals surface area contributed by atoms with Gasteiger partial charge in [0.05, 0.1) is 6.10 Å². The van der Waals surface area contributed by atoms with Gasteiger partial charge in [0.2, 0.25) is 5.28 Å². The SMILES string of the molecule is Cc1cc(F)cc(-c2nc(Cl)nc(OC(C)C)n2)c1. The van der Waals surface area contributed by atoms with E-state index in [4.69, 9.17) is 16.3 Å². The Morgan fingerprint density at radius 3 is 2.53 bits per heavy atom. The van der Waals surface area contributed by atoms with E-state index >= 15 is 0 Å². The van der Waals surface area contributed by atoms with E-state index in [2.05, 4.69) is 15.0 Å². The van der Waals surface area contributed by atoms with Gasteiger partial charge in [0.15, 0.2) is 5.82 Å². The molecule has 1 aromatic carbocycles. The van der Waals surface area contributed by atoms with Gasteiger partial charge in [-0.3, -0.25) is 0 Å². The second-order valence-electron chi connectivity index (χ2n) is 4.39. The molecule has 0 aliphatic heterocycles. The van der Waals surface area contributed by atoms with Crippen LogP contribution in [0, 0.1) is 12.7 Å². The molecule has 0 N–H and O–H groups in total. The van der Waals surface area contributed by atoms with Gasteiger partial charge >= 0.3 is 6.01 Å². The van der Waals surface area contributed by atoms with Crippen molar-refractivity contribution in [1.29, 1.82) is 0 Å². The zero-order valence-electron chi connectivity index (χ0n) is 10.8. The Kier molecular flexibility index (Phi) is 3.95. The van der Waals surface area contributed by atoms with Crippen molar-refractivity contribution < 1.29 is 9.13 Å². The maximum absolute atomic E-state index is 13.4. The van der Waals surface area contributed by atoms with Gasteiger partial charge in [0, 0.05) is 5.56 Å². The molecule has 1 heterocycles. The number of aryl methyl sites for hydroxylation is 1. The molecule has 1 aromatic heterocycles. The van der Waals surface area contributed by atoms with E-state index in [9.17, 15) is 4.39 Å². The number of hydrogen-bond donors (Lipinski definition) is 0. The topological polar surface area (TPSA) is 47.9 Å². The van der Waals surface area contributed by atoms with Gasteiger partial charge in [-0.1, -0.05) is 0 Å². The van der Waals surface area contributed by atoms with Crippen molar-refractivity contribution >= 4 is 11.6 Å². The van der Waals surface area contributed by atoms with Crippen LogP contribution in [0.15, 0.2) is 18.2 Å². The van der Waals surface area contributed by atoms with Crippen molar-refractivity contribution in [3.8, 4) is 17.4 Å². The van der Waals surface area contributed by atoms with Crippen molar-refractivity contribution in [1.82, 2.24) is 15.0 Å². The number of ether oxygens (including phenoxy) is 1. The third-order valence-electron chi connectivity index (χ3n) is 2.23. The third-order valence-corrected chi connectivity index (χ3v) is 2.40. The van der Waals surface area contributed by atoms with Gasteiger partial charge in [-0.05, 0) is 56.1 Å². The molecule has 0 atom stereocenters. The van der Waals surface area contributed by atoms with E-state index in [0.29, 0.717) is 11.4 Å². The summed E-state index contributed by atoms with van der Waals surface area (Å²) in [6.07, 6.45) is -0.0828. The summed E-state index contributed by atoms with van der Waals surface area (Å²) in [6, 6.07) is 4.68. The van der Waals surface area contributed by atoms with Crippen LogP contribution in [0.5, 0.6) is 6.01 Å². The van der Waals surface area contributed by atoms with Crippen LogP contribution in [0.1, 0.15) is 19.4 Å². The lowest BCUT2D eigenvalue weighted by atomic mass is 10.1. The Bertz CT molecular complexity index is 584. The van der Waals surface area contributed by atoms with Crippen LogP contribution in [0.3, 0.4) is 0 Å². The Labute approximate surface area is 115 Å². The molecular weight excluding hydrogens is 269 g/mol. The maximum Gasteiger partial charge on any atom is 0.321 e. The molecule has 0 saturated heterocycles. The van der Waals surface area contributed by atoms with Crippen LogP contribution in [0.25, 0.3) is 11.4 Å². The molecule has 0 unspecified atom stereocenters. The lowest BCUT2D eigenvalue weighted by Gasteiger charge is -2.09. The highest BCUT2D eigenvalue weighted by molar-refractivity contribution is 6.28. The molecule has 0 bridgehead atoms. The molecule has 4 nitrogen and oxygen atoms in total. The van der Waals surface area contributed by atoms with Gasteiger partial charge in [0.1, 0.15) is 5.82 Å². The summed E-state index contributed by atoms with van der Waals surface area (Å²) in [4.78, 5) is 12.0. The quantitative estimate of drug-likeness (QED) is 0.865. The van der Waals surface area contributed by atoms with E-state index in [1.54, 1.807) is 13.0 Å². The fourth-order valence-electron chi connectivity index (χ4n) is 1.59. The lowest BCUT2D eigenvalue weighted by molar-refractivity contribution is 0.222. The van der Waals surface area contributed by atoms with Gasteiger partial charge in [-0.15, -0.1) is 0 Å². The summed E-state index contributed by atoms with van der Waals surface area (Å²) < 4.78 is 18.8. The molecule has 0 fully saturated rings. The smallest absolute Gasteiger partial charge is 0.321 e. The molecule has 2 rings (SSSR count). The van der Waals surface area contributed by atoms with Crippen LogP contribution < -0.4 is 4.74 Å². The summed E-state index contributed by atoms with van der Waals surface area (Å²) >= 11 is 5.83. The van der Waals surface area contributed by atoms with Crippen molar-refractivity contribution in [2.24, 2.45) is 0 Å². The molecule has 0 amide bonds. The summed E-state index contributed by atoms with van der Waals surface area (Å²) in [7, 11) is 0. The molecule has 6 heteroatoms. The predicted molar refractivity (Wildman–Crippen MR) is 70.7 cm³/mol. The molecule has 19 heavy (non-hydrogen) atoms. The van der Waals surface area contributed by atoms with E-state index in [0.717, 1.165) is 5.56 Å². The first-order valence-corrected chi connectivity index (χ1v) is 6.17. The standard InChI is InChI=1S/C13H13ClFN3O/c1-7(2)19-13-17-11(16-12(14)18-13)9-4-8(3)5-10(15)6-9/h4-7H,1-3H3. The first-order valence-electron chi connectivity index (χ1n) is 5.80. The Hall–Kier alpha value is -1.75. The van der Waals surface area contributed by atoms with Gasteiger partial charge < -0.3 is 4.74 Å². The minimum Gasteiger partial charge on any atom is -0.461 e. The largest absolute Gasteiger partial charge is 0.461 e. The Morgan fingerprint density at radius 1 is 1.16 bits per heavy atom. The minimum absolute atomic E-state index is 0.0163. The second-order valence-corrected chi connectivity index (χ2v) is 4.73.